The zero-order valence-corrected chi connectivity index (χ0v) is 11.9. The minimum atomic E-state index is 0.104. The molecule has 0 aliphatic carbocycles. The van der Waals surface area contributed by atoms with Crippen LogP contribution in [-0.2, 0) is 0 Å². The first-order chi connectivity index (χ1) is 9.66. The van der Waals surface area contributed by atoms with Crippen molar-refractivity contribution < 1.29 is 0 Å². The van der Waals surface area contributed by atoms with Gasteiger partial charge in [0.05, 0.1) is 16.3 Å². The Balaban J connectivity index is 2.07. The molecule has 0 radical (unpaired) electrons. The Morgan fingerprint density at radius 2 is 1.65 bits per heavy atom. The molecule has 0 heterocycles. The minimum absolute atomic E-state index is 0.104. The molecule has 0 fully saturated rings. The first kappa shape index (κ1) is 14.4. The quantitative estimate of drug-likeness (QED) is 0.517. The Hall–Kier alpha value is -2.04. The van der Waals surface area contributed by atoms with Crippen molar-refractivity contribution >= 4 is 41.1 Å². The highest BCUT2D eigenvalue weighted by molar-refractivity contribution is 6.38. The number of nitrogens with two attached hydrogens (primary N) is 1. The van der Waals surface area contributed by atoms with Crippen LogP contribution in [0.25, 0.3) is 0 Å². The summed E-state index contributed by atoms with van der Waals surface area (Å²) in [4.78, 5) is 4.09. The zero-order chi connectivity index (χ0) is 14.4. The summed E-state index contributed by atoms with van der Waals surface area (Å²) in [5.74, 6) is 0.104. The van der Waals surface area contributed by atoms with E-state index >= 15 is 0 Å². The number of rotatable bonds is 3. The van der Waals surface area contributed by atoms with Gasteiger partial charge in [-0.05, 0) is 17.7 Å². The molecule has 102 valence electrons. The molecule has 6 heteroatoms. The van der Waals surface area contributed by atoms with Crippen molar-refractivity contribution in [1.82, 2.24) is 5.43 Å². The second kappa shape index (κ2) is 6.93. The maximum Gasteiger partial charge on any atom is 0.214 e. The first-order valence-electron chi connectivity index (χ1n) is 5.79. The normalized spacial score (nSPS) is 11.8. The van der Waals surface area contributed by atoms with Gasteiger partial charge in [-0.2, -0.15) is 5.10 Å². The van der Waals surface area contributed by atoms with E-state index in [1.54, 1.807) is 24.4 Å². The Labute approximate surface area is 126 Å². The number of halogens is 2. The van der Waals surface area contributed by atoms with E-state index in [1.807, 2.05) is 30.3 Å². The molecule has 0 unspecified atom stereocenters. The maximum absolute atomic E-state index is 5.99. The molecule has 0 atom stereocenters. The topological polar surface area (TPSA) is 62.8 Å². The number of hydrazone groups is 1. The molecule has 0 amide bonds. The van der Waals surface area contributed by atoms with Crippen molar-refractivity contribution in [2.24, 2.45) is 15.8 Å². The Kier molecular flexibility index (Phi) is 4.98. The summed E-state index contributed by atoms with van der Waals surface area (Å²) in [7, 11) is 0. The molecule has 2 aromatic rings. The van der Waals surface area contributed by atoms with Gasteiger partial charge in [-0.25, -0.2) is 10.4 Å². The summed E-state index contributed by atoms with van der Waals surface area (Å²) in [6.45, 7) is 0. The van der Waals surface area contributed by atoms with E-state index in [0.29, 0.717) is 15.7 Å². The first-order valence-corrected chi connectivity index (χ1v) is 6.54. The predicted octanol–water partition coefficient (Wildman–Crippen LogP) is 3.56. The fraction of sp³-hybridized carbons (Fsp3) is 0. The van der Waals surface area contributed by atoms with Crippen molar-refractivity contribution in [1.29, 1.82) is 0 Å². The van der Waals surface area contributed by atoms with Gasteiger partial charge in [0.2, 0.25) is 5.96 Å². The standard InChI is InChI=1S/C14H12Cl2N4/c15-11-7-4-8-12(16)13(11)19-14(17)20-18-9-10-5-2-1-3-6-10/h1-9H,(H3,17,19,20)/b18-9+. The largest absolute Gasteiger partial charge is 0.368 e. The number of nitrogens with one attached hydrogen (secondary N) is 1. The molecular formula is C14H12Cl2N4. The average molecular weight is 307 g/mol. The van der Waals surface area contributed by atoms with Crippen LogP contribution in [0.5, 0.6) is 0 Å². The fourth-order valence-electron chi connectivity index (χ4n) is 1.45. The summed E-state index contributed by atoms with van der Waals surface area (Å²) in [6, 6.07) is 14.7. The molecule has 3 N–H and O–H groups in total. The van der Waals surface area contributed by atoms with Gasteiger partial charge in [0.25, 0.3) is 0 Å². The molecule has 0 aliphatic rings. The summed E-state index contributed by atoms with van der Waals surface area (Å²) in [5.41, 5.74) is 9.69. The van der Waals surface area contributed by atoms with Crippen LogP contribution in [0.15, 0.2) is 58.6 Å². The maximum atomic E-state index is 5.99. The molecule has 4 nitrogen and oxygen atoms in total. The van der Waals surface area contributed by atoms with E-state index in [1.165, 1.54) is 0 Å². The second-order valence-corrected chi connectivity index (χ2v) is 4.66. The molecule has 0 saturated heterocycles. The number of aliphatic imine (C=N–C) groups is 1. The highest BCUT2D eigenvalue weighted by atomic mass is 35.5. The molecule has 2 aromatic carbocycles. The number of hydrogen-bond acceptors (Lipinski definition) is 2. The van der Waals surface area contributed by atoms with Gasteiger partial charge in [0.15, 0.2) is 0 Å². The van der Waals surface area contributed by atoms with E-state index in [4.69, 9.17) is 28.9 Å². The smallest absolute Gasteiger partial charge is 0.214 e. The molecule has 0 aliphatic heterocycles. The van der Waals surface area contributed by atoms with Crippen LogP contribution in [-0.4, -0.2) is 12.2 Å². The third kappa shape index (κ3) is 3.98. The van der Waals surface area contributed by atoms with Crippen LogP contribution in [0.1, 0.15) is 5.56 Å². The van der Waals surface area contributed by atoms with Gasteiger partial charge in [-0.1, -0.05) is 59.6 Å². The van der Waals surface area contributed by atoms with E-state index in [-0.39, 0.29) is 5.96 Å². The SMILES string of the molecule is NC(=Nc1c(Cl)cccc1Cl)N/N=C/c1ccccc1. The number of nitrogens with zero attached hydrogens (tertiary/aromatic N) is 2. The van der Waals surface area contributed by atoms with Gasteiger partial charge in [-0.3, -0.25) is 0 Å². The third-order valence-electron chi connectivity index (χ3n) is 2.36. The van der Waals surface area contributed by atoms with Gasteiger partial charge in [0.1, 0.15) is 5.69 Å². The average Bonchev–Trinajstić information content (AvgIpc) is 2.44. The summed E-state index contributed by atoms with van der Waals surface area (Å²) in [6.07, 6.45) is 1.64. The Morgan fingerprint density at radius 3 is 2.30 bits per heavy atom. The third-order valence-corrected chi connectivity index (χ3v) is 2.97. The summed E-state index contributed by atoms with van der Waals surface area (Å²) < 4.78 is 0. The molecule has 2 rings (SSSR count). The number of benzene rings is 2. The highest BCUT2D eigenvalue weighted by Crippen LogP contribution is 2.32. The molecule has 0 aromatic heterocycles. The van der Waals surface area contributed by atoms with E-state index in [9.17, 15) is 0 Å². The lowest BCUT2D eigenvalue weighted by molar-refractivity contribution is 1.01. The lowest BCUT2D eigenvalue weighted by Crippen LogP contribution is -2.26. The Morgan fingerprint density at radius 1 is 1.00 bits per heavy atom. The van der Waals surface area contributed by atoms with E-state index in [0.717, 1.165) is 5.56 Å². The van der Waals surface area contributed by atoms with Crippen LogP contribution in [0.2, 0.25) is 10.0 Å². The number of hydrogen-bond donors (Lipinski definition) is 2. The Bertz CT molecular complexity index is 619. The molecule has 0 saturated carbocycles. The predicted molar refractivity (Wildman–Crippen MR) is 84.9 cm³/mol. The molecule has 20 heavy (non-hydrogen) atoms. The summed E-state index contributed by atoms with van der Waals surface area (Å²) in [5, 5.41) is 4.83. The van der Waals surface area contributed by atoms with Crippen molar-refractivity contribution in [2.75, 3.05) is 0 Å². The van der Waals surface area contributed by atoms with Crippen LogP contribution in [0.4, 0.5) is 5.69 Å². The number of guanidine groups is 1. The van der Waals surface area contributed by atoms with Crippen molar-refractivity contribution in [2.45, 2.75) is 0 Å². The van der Waals surface area contributed by atoms with Gasteiger partial charge < -0.3 is 5.73 Å². The van der Waals surface area contributed by atoms with Gasteiger partial charge >= 0.3 is 0 Å². The monoisotopic (exact) mass is 306 g/mol. The molecular weight excluding hydrogens is 295 g/mol. The lowest BCUT2D eigenvalue weighted by atomic mass is 10.2. The van der Waals surface area contributed by atoms with E-state index in [2.05, 4.69) is 15.5 Å². The highest BCUT2D eigenvalue weighted by Gasteiger charge is 2.04. The van der Waals surface area contributed by atoms with Gasteiger partial charge in [0, 0.05) is 0 Å². The van der Waals surface area contributed by atoms with Crippen molar-refractivity contribution in [3.8, 4) is 0 Å². The van der Waals surface area contributed by atoms with Gasteiger partial charge in [-0.15, -0.1) is 0 Å². The van der Waals surface area contributed by atoms with Crippen molar-refractivity contribution in [3.63, 3.8) is 0 Å². The lowest BCUT2D eigenvalue weighted by Gasteiger charge is -2.03. The fourth-order valence-corrected chi connectivity index (χ4v) is 1.94. The minimum Gasteiger partial charge on any atom is -0.368 e. The van der Waals surface area contributed by atoms with Crippen LogP contribution >= 0.6 is 23.2 Å². The zero-order valence-electron chi connectivity index (χ0n) is 10.4. The molecule has 0 spiro atoms. The second-order valence-electron chi connectivity index (χ2n) is 3.85. The summed E-state index contributed by atoms with van der Waals surface area (Å²) >= 11 is 12.0. The van der Waals surface area contributed by atoms with Crippen molar-refractivity contribution in [3.05, 3.63) is 64.1 Å². The van der Waals surface area contributed by atoms with E-state index < -0.39 is 0 Å². The van der Waals surface area contributed by atoms with Crippen LogP contribution in [0, 0.1) is 0 Å². The molecule has 0 bridgehead atoms. The number of para-hydroxylation sites is 1. The van der Waals surface area contributed by atoms with Crippen LogP contribution < -0.4 is 11.2 Å². The van der Waals surface area contributed by atoms with Crippen LogP contribution in [0.3, 0.4) is 0 Å².